The third-order valence-electron chi connectivity index (χ3n) is 3.54. The minimum absolute atomic E-state index is 0.681. The Labute approximate surface area is 143 Å². The van der Waals surface area contributed by atoms with Crippen LogP contribution in [-0.4, -0.2) is 24.5 Å². The maximum Gasteiger partial charge on any atom is 0.186 e. The molecule has 0 aliphatic heterocycles. The second-order valence-corrected chi connectivity index (χ2v) is 6.18. The number of hydrogen-bond donors (Lipinski definition) is 0. The van der Waals surface area contributed by atoms with Gasteiger partial charge in [0.25, 0.3) is 0 Å². The summed E-state index contributed by atoms with van der Waals surface area (Å²) in [5, 5.41) is 3.78. The molecule has 5 nitrogen and oxygen atoms in total. The average Bonchev–Trinajstić information content (AvgIpc) is 3.22. The van der Waals surface area contributed by atoms with E-state index in [0.29, 0.717) is 11.6 Å². The van der Waals surface area contributed by atoms with Crippen LogP contribution in [0.15, 0.2) is 42.0 Å². The van der Waals surface area contributed by atoms with E-state index in [1.165, 1.54) is 0 Å². The molecule has 0 saturated carbocycles. The van der Waals surface area contributed by atoms with Crippen LogP contribution >= 0.6 is 11.3 Å². The number of rotatable bonds is 1. The van der Waals surface area contributed by atoms with Crippen LogP contribution < -0.4 is 0 Å². The highest BCUT2D eigenvalue weighted by atomic mass is 32.1. The first-order chi connectivity index (χ1) is 11.7. The number of hydrogen-bond acceptors (Lipinski definition) is 5. The maximum absolute atomic E-state index is 4.56. The standard InChI is InChI=1S/C18H13N5S/c1-12-20-14-6-4-3-5-13(14)15(21-12)7-8-17-22-16(11-23(17)2)18-19-9-10-24-18/h3-6,9-11H,1-2H3. The molecule has 6 heteroatoms. The molecule has 0 bridgehead atoms. The number of benzene rings is 1. The minimum Gasteiger partial charge on any atom is -0.327 e. The fraction of sp³-hybridized carbons (Fsp3) is 0.111. The van der Waals surface area contributed by atoms with Gasteiger partial charge in [-0.15, -0.1) is 11.3 Å². The van der Waals surface area contributed by atoms with E-state index in [9.17, 15) is 0 Å². The molecule has 0 atom stereocenters. The normalized spacial score (nSPS) is 10.6. The molecule has 0 spiro atoms. The molecule has 0 aliphatic rings. The van der Waals surface area contributed by atoms with Crippen LogP contribution in [0.2, 0.25) is 0 Å². The van der Waals surface area contributed by atoms with Crippen molar-refractivity contribution in [1.82, 2.24) is 24.5 Å². The van der Waals surface area contributed by atoms with Crippen LogP contribution in [0.4, 0.5) is 0 Å². The number of thiazole rings is 1. The third-order valence-corrected chi connectivity index (χ3v) is 4.33. The molecule has 3 aromatic heterocycles. The topological polar surface area (TPSA) is 56.5 Å². The predicted molar refractivity (Wildman–Crippen MR) is 94.6 cm³/mol. The van der Waals surface area contributed by atoms with E-state index in [0.717, 1.165) is 27.3 Å². The molecular formula is C18H13N5S. The molecule has 3 heterocycles. The summed E-state index contributed by atoms with van der Waals surface area (Å²) in [4.78, 5) is 17.8. The van der Waals surface area contributed by atoms with Crippen molar-refractivity contribution in [3.63, 3.8) is 0 Å². The van der Waals surface area contributed by atoms with Gasteiger partial charge in [-0.1, -0.05) is 12.1 Å². The molecule has 0 saturated heterocycles. The summed E-state index contributed by atoms with van der Waals surface area (Å²) >= 11 is 1.56. The molecule has 24 heavy (non-hydrogen) atoms. The Bertz CT molecular complexity index is 1080. The largest absolute Gasteiger partial charge is 0.327 e. The number of aromatic nitrogens is 5. The van der Waals surface area contributed by atoms with E-state index >= 15 is 0 Å². The third kappa shape index (κ3) is 2.66. The summed E-state index contributed by atoms with van der Waals surface area (Å²) in [6.45, 7) is 1.87. The lowest BCUT2D eigenvalue weighted by molar-refractivity contribution is 0.893. The zero-order valence-corrected chi connectivity index (χ0v) is 14.0. The minimum atomic E-state index is 0.681. The van der Waals surface area contributed by atoms with Gasteiger partial charge in [-0.3, -0.25) is 0 Å². The molecule has 0 radical (unpaired) electrons. The lowest BCUT2D eigenvalue weighted by Gasteiger charge is -2.00. The number of aryl methyl sites for hydroxylation is 2. The second-order valence-electron chi connectivity index (χ2n) is 5.28. The van der Waals surface area contributed by atoms with Crippen LogP contribution in [0.3, 0.4) is 0 Å². The predicted octanol–water partition coefficient (Wildman–Crippen LogP) is 3.20. The van der Waals surface area contributed by atoms with Crippen molar-refractivity contribution in [2.75, 3.05) is 0 Å². The Morgan fingerprint density at radius 1 is 1.08 bits per heavy atom. The van der Waals surface area contributed by atoms with E-state index < -0.39 is 0 Å². The van der Waals surface area contributed by atoms with Crippen molar-refractivity contribution >= 4 is 22.2 Å². The van der Waals surface area contributed by atoms with E-state index in [2.05, 4.69) is 31.8 Å². The summed E-state index contributed by atoms with van der Waals surface area (Å²) in [6, 6.07) is 7.88. The van der Waals surface area contributed by atoms with Gasteiger partial charge < -0.3 is 4.57 Å². The van der Waals surface area contributed by atoms with Crippen molar-refractivity contribution in [2.24, 2.45) is 7.05 Å². The van der Waals surface area contributed by atoms with Crippen LogP contribution in [0.5, 0.6) is 0 Å². The maximum atomic E-state index is 4.56. The molecule has 0 fully saturated rings. The van der Waals surface area contributed by atoms with Gasteiger partial charge >= 0.3 is 0 Å². The summed E-state index contributed by atoms with van der Waals surface area (Å²) in [6.07, 6.45) is 3.71. The Kier molecular flexibility index (Phi) is 3.56. The zero-order chi connectivity index (χ0) is 16.5. The van der Waals surface area contributed by atoms with Gasteiger partial charge in [0.05, 0.1) is 5.52 Å². The Balaban J connectivity index is 1.78. The van der Waals surface area contributed by atoms with E-state index in [4.69, 9.17) is 0 Å². The summed E-state index contributed by atoms with van der Waals surface area (Å²) in [5.74, 6) is 7.65. The number of imidazole rings is 1. The van der Waals surface area contributed by atoms with Gasteiger partial charge in [0.1, 0.15) is 22.2 Å². The van der Waals surface area contributed by atoms with Crippen molar-refractivity contribution in [2.45, 2.75) is 6.92 Å². The molecule has 0 aliphatic carbocycles. The average molecular weight is 331 g/mol. The summed E-state index contributed by atoms with van der Waals surface area (Å²) < 4.78 is 1.90. The highest BCUT2D eigenvalue weighted by Crippen LogP contribution is 2.20. The van der Waals surface area contributed by atoms with Gasteiger partial charge in [0.2, 0.25) is 0 Å². The van der Waals surface area contributed by atoms with E-state index in [-0.39, 0.29) is 0 Å². The van der Waals surface area contributed by atoms with Gasteiger partial charge in [0.15, 0.2) is 5.82 Å². The van der Waals surface area contributed by atoms with Gasteiger partial charge in [-0.25, -0.2) is 19.9 Å². The van der Waals surface area contributed by atoms with Crippen molar-refractivity contribution in [1.29, 1.82) is 0 Å². The van der Waals surface area contributed by atoms with Crippen molar-refractivity contribution in [3.05, 3.63) is 59.4 Å². The molecule has 4 rings (SSSR count). The zero-order valence-electron chi connectivity index (χ0n) is 13.2. The smallest absolute Gasteiger partial charge is 0.186 e. The number of para-hydroxylation sites is 1. The lowest BCUT2D eigenvalue weighted by atomic mass is 10.2. The summed E-state index contributed by atoms with van der Waals surface area (Å²) in [7, 11) is 1.93. The fourth-order valence-electron chi connectivity index (χ4n) is 2.44. The SMILES string of the molecule is Cc1nc(C#Cc2nc(-c3nccs3)cn2C)c2ccccc2n1. The van der Waals surface area contributed by atoms with Crippen LogP contribution in [0.1, 0.15) is 17.3 Å². The first-order valence-corrected chi connectivity index (χ1v) is 8.27. The monoisotopic (exact) mass is 331 g/mol. The Morgan fingerprint density at radius 2 is 1.96 bits per heavy atom. The van der Waals surface area contributed by atoms with Crippen molar-refractivity contribution in [3.8, 4) is 22.5 Å². The summed E-state index contributed by atoms with van der Waals surface area (Å²) in [5.41, 5.74) is 2.45. The lowest BCUT2D eigenvalue weighted by Crippen LogP contribution is -1.95. The Morgan fingerprint density at radius 3 is 2.79 bits per heavy atom. The molecule has 1 aromatic carbocycles. The highest BCUT2D eigenvalue weighted by Gasteiger charge is 2.08. The number of fused-ring (bicyclic) bond motifs is 1. The highest BCUT2D eigenvalue weighted by molar-refractivity contribution is 7.13. The van der Waals surface area contributed by atoms with Gasteiger partial charge in [-0.05, 0) is 30.9 Å². The van der Waals surface area contributed by atoms with Crippen molar-refractivity contribution < 1.29 is 0 Å². The molecule has 116 valence electrons. The molecule has 0 unspecified atom stereocenters. The van der Waals surface area contributed by atoms with Crippen LogP contribution in [-0.2, 0) is 7.05 Å². The van der Waals surface area contributed by atoms with Gasteiger partial charge in [0, 0.05) is 30.2 Å². The molecule has 0 N–H and O–H groups in total. The van der Waals surface area contributed by atoms with E-state index in [1.54, 1.807) is 17.5 Å². The fourth-order valence-corrected chi connectivity index (χ4v) is 3.03. The second kappa shape index (κ2) is 5.87. The van der Waals surface area contributed by atoms with Crippen LogP contribution in [0.25, 0.3) is 21.6 Å². The number of nitrogens with zero attached hydrogens (tertiary/aromatic N) is 5. The quantitative estimate of drug-likeness (QED) is 0.503. The Hall–Kier alpha value is -3.04. The van der Waals surface area contributed by atoms with E-state index in [1.807, 2.05) is 54.4 Å². The molecule has 4 aromatic rings. The first kappa shape index (κ1) is 14.5. The van der Waals surface area contributed by atoms with Crippen LogP contribution in [0, 0.1) is 18.8 Å². The molecule has 0 amide bonds. The van der Waals surface area contributed by atoms with Gasteiger partial charge in [-0.2, -0.15) is 0 Å². The first-order valence-electron chi connectivity index (χ1n) is 7.39. The molecular weight excluding hydrogens is 318 g/mol.